The normalized spacial score (nSPS) is 12.0. The summed E-state index contributed by atoms with van der Waals surface area (Å²) in [4.78, 5) is 8.96. The predicted octanol–water partition coefficient (Wildman–Crippen LogP) is 9.34. The molecule has 1 atom stereocenters. The van der Waals surface area contributed by atoms with E-state index in [1.807, 2.05) is 30.3 Å². The van der Waals surface area contributed by atoms with Gasteiger partial charge in [-0.25, -0.2) is 4.98 Å². The first kappa shape index (κ1) is 24.9. The molecule has 41 heavy (non-hydrogen) atoms. The number of benzene rings is 5. The van der Waals surface area contributed by atoms with Crippen molar-refractivity contribution < 1.29 is 4.74 Å². The predicted molar refractivity (Wildman–Crippen MR) is 168 cm³/mol. The molecule has 1 N–H and O–H groups in total. The average Bonchev–Trinajstić information content (AvgIpc) is 3.43. The third-order valence-corrected chi connectivity index (χ3v) is 7.75. The van der Waals surface area contributed by atoms with Crippen molar-refractivity contribution in [1.82, 2.24) is 9.97 Å². The van der Waals surface area contributed by atoms with Gasteiger partial charge in [-0.1, -0.05) is 127 Å². The second kappa shape index (κ2) is 11.1. The van der Waals surface area contributed by atoms with Crippen LogP contribution in [0.25, 0.3) is 33.1 Å². The molecule has 0 aliphatic carbocycles. The van der Waals surface area contributed by atoms with E-state index in [-0.39, 0.29) is 5.92 Å². The number of hydrogen-bond acceptors (Lipinski definition) is 2. The van der Waals surface area contributed by atoms with Gasteiger partial charge in [-0.3, -0.25) is 0 Å². The van der Waals surface area contributed by atoms with Crippen LogP contribution < -0.4 is 4.74 Å². The van der Waals surface area contributed by atoms with Crippen LogP contribution in [0.3, 0.4) is 0 Å². The van der Waals surface area contributed by atoms with Gasteiger partial charge in [-0.05, 0) is 40.5 Å². The van der Waals surface area contributed by atoms with Gasteiger partial charge in [0.2, 0.25) is 0 Å². The fraction of sp³-hybridized carbons (Fsp3) is 0.0789. The van der Waals surface area contributed by atoms with Crippen LogP contribution in [0.2, 0.25) is 0 Å². The molecule has 7 aromatic rings. The molecule has 0 aliphatic rings. The van der Waals surface area contributed by atoms with Gasteiger partial charge in [0.25, 0.3) is 0 Å². The summed E-state index contributed by atoms with van der Waals surface area (Å²) in [5, 5.41) is 2.32. The summed E-state index contributed by atoms with van der Waals surface area (Å²) in [7, 11) is 0. The number of para-hydroxylation sites is 2. The van der Waals surface area contributed by atoms with Crippen LogP contribution in [0.4, 0.5) is 0 Å². The molecule has 0 spiro atoms. The van der Waals surface area contributed by atoms with Crippen molar-refractivity contribution in [2.75, 3.05) is 0 Å². The average molecular weight is 531 g/mol. The fourth-order valence-corrected chi connectivity index (χ4v) is 5.76. The quantitative estimate of drug-likeness (QED) is 0.213. The van der Waals surface area contributed by atoms with Crippen LogP contribution in [0, 0.1) is 0 Å². The van der Waals surface area contributed by atoms with Crippen LogP contribution in [0.1, 0.15) is 28.3 Å². The van der Waals surface area contributed by atoms with Gasteiger partial charge in [0, 0.05) is 34.3 Å². The lowest BCUT2D eigenvalue weighted by atomic mass is 9.84. The number of aromatic amines is 1. The van der Waals surface area contributed by atoms with Gasteiger partial charge in [0.05, 0.1) is 5.69 Å². The lowest BCUT2D eigenvalue weighted by Crippen LogP contribution is -2.08. The van der Waals surface area contributed by atoms with E-state index in [0.29, 0.717) is 6.61 Å². The topological polar surface area (TPSA) is 37.9 Å². The summed E-state index contributed by atoms with van der Waals surface area (Å²) in [6, 6.07) is 50.8. The smallest absolute Gasteiger partial charge is 0.146 e. The first-order chi connectivity index (χ1) is 20.3. The number of nitrogens with zero attached hydrogens (tertiary/aromatic N) is 1. The first-order valence-corrected chi connectivity index (χ1v) is 14.1. The number of hydrogen-bond donors (Lipinski definition) is 1. The van der Waals surface area contributed by atoms with Gasteiger partial charge < -0.3 is 9.72 Å². The number of rotatable bonds is 8. The van der Waals surface area contributed by atoms with Crippen LogP contribution >= 0.6 is 0 Å². The summed E-state index contributed by atoms with van der Waals surface area (Å²) in [5.41, 5.74) is 9.12. The highest BCUT2D eigenvalue weighted by atomic mass is 16.5. The van der Waals surface area contributed by atoms with Crippen LogP contribution in [0.5, 0.6) is 5.75 Å². The first-order valence-electron chi connectivity index (χ1n) is 14.1. The number of aromatic nitrogens is 2. The summed E-state index contributed by atoms with van der Waals surface area (Å²) in [6.45, 7) is 0.508. The molecule has 0 aliphatic heterocycles. The maximum absolute atomic E-state index is 6.29. The Morgan fingerprint density at radius 1 is 0.634 bits per heavy atom. The van der Waals surface area contributed by atoms with Crippen molar-refractivity contribution >= 4 is 21.8 Å². The lowest BCUT2D eigenvalue weighted by Gasteiger charge is -2.20. The Balaban J connectivity index is 1.33. The van der Waals surface area contributed by atoms with E-state index in [9.17, 15) is 0 Å². The number of H-pyrrole nitrogens is 1. The molecular formula is C38H30N2O. The minimum Gasteiger partial charge on any atom is -0.487 e. The highest BCUT2D eigenvalue weighted by molar-refractivity contribution is 5.92. The van der Waals surface area contributed by atoms with Crippen molar-refractivity contribution in [1.29, 1.82) is 0 Å². The van der Waals surface area contributed by atoms with E-state index in [2.05, 4.69) is 120 Å². The highest BCUT2D eigenvalue weighted by Gasteiger charge is 2.24. The van der Waals surface area contributed by atoms with Crippen molar-refractivity contribution in [2.45, 2.75) is 18.9 Å². The number of fused-ring (bicyclic) bond motifs is 2. The van der Waals surface area contributed by atoms with Gasteiger partial charge in [0.15, 0.2) is 0 Å². The third-order valence-electron chi connectivity index (χ3n) is 7.75. The molecule has 3 heteroatoms. The Bertz CT molecular complexity index is 1910. The largest absolute Gasteiger partial charge is 0.487 e. The molecule has 0 amide bonds. The zero-order chi connectivity index (χ0) is 27.4. The van der Waals surface area contributed by atoms with Crippen molar-refractivity contribution in [3.05, 3.63) is 168 Å². The zero-order valence-corrected chi connectivity index (χ0v) is 22.7. The minimum atomic E-state index is 0.102. The number of nitrogens with one attached hydrogen (secondary N) is 1. The zero-order valence-electron chi connectivity index (χ0n) is 22.7. The molecule has 2 aromatic heterocycles. The molecule has 0 bridgehead atoms. The molecule has 0 fully saturated rings. The Morgan fingerprint density at radius 3 is 2.15 bits per heavy atom. The summed E-state index contributed by atoms with van der Waals surface area (Å²) in [5.74, 6) is 0.909. The number of pyridine rings is 1. The summed E-state index contributed by atoms with van der Waals surface area (Å²) < 4.78 is 6.29. The van der Waals surface area contributed by atoms with Crippen LogP contribution in [0.15, 0.2) is 146 Å². The van der Waals surface area contributed by atoms with E-state index >= 15 is 0 Å². The van der Waals surface area contributed by atoms with Crippen LogP contribution in [-0.2, 0) is 13.0 Å². The van der Waals surface area contributed by atoms with E-state index in [4.69, 9.17) is 9.72 Å². The van der Waals surface area contributed by atoms with E-state index < -0.39 is 0 Å². The molecule has 7 rings (SSSR count). The van der Waals surface area contributed by atoms with Crippen molar-refractivity contribution in [3.63, 3.8) is 0 Å². The van der Waals surface area contributed by atoms with Crippen LogP contribution in [-0.4, -0.2) is 9.97 Å². The molecule has 1 unspecified atom stereocenters. The maximum Gasteiger partial charge on any atom is 0.146 e. The molecule has 0 radical (unpaired) electrons. The van der Waals surface area contributed by atoms with E-state index in [0.717, 1.165) is 45.5 Å². The second-order valence-corrected chi connectivity index (χ2v) is 10.4. The fourth-order valence-electron chi connectivity index (χ4n) is 5.76. The molecular weight excluding hydrogens is 500 g/mol. The SMILES string of the molecule is c1ccc(COc2cccc3ccc(CC(c4ccccc4)c4c(-c5ccccc5)[nH]c5ccccc45)nc23)cc1. The monoisotopic (exact) mass is 530 g/mol. The second-order valence-electron chi connectivity index (χ2n) is 10.4. The van der Waals surface area contributed by atoms with Gasteiger partial charge in [-0.2, -0.15) is 0 Å². The van der Waals surface area contributed by atoms with E-state index in [1.54, 1.807) is 0 Å². The number of ether oxygens (including phenoxy) is 1. The molecule has 198 valence electrons. The van der Waals surface area contributed by atoms with Gasteiger partial charge >= 0.3 is 0 Å². The van der Waals surface area contributed by atoms with Crippen molar-refractivity contribution in [3.8, 4) is 17.0 Å². The Morgan fingerprint density at radius 2 is 1.34 bits per heavy atom. The highest BCUT2D eigenvalue weighted by Crippen LogP contribution is 2.40. The Kier molecular flexibility index (Phi) is 6.76. The van der Waals surface area contributed by atoms with Crippen molar-refractivity contribution in [2.24, 2.45) is 0 Å². The molecule has 3 nitrogen and oxygen atoms in total. The van der Waals surface area contributed by atoms with Gasteiger partial charge in [0.1, 0.15) is 17.9 Å². The Hall–Kier alpha value is -5.15. The summed E-state index contributed by atoms with van der Waals surface area (Å²) >= 11 is 0. The molecule has 0 saturated carbocycles. The maximum atomic E-state index is 6.29. The Labute approximate surface area is 240 Å². The third kappa shape index (κ3) is 5.10. The summed E-state index contributed by atoms with van der Waals surface area (Å²) in [6.07, 6.45) is 0.759. The minimum absolute atomic E-state index is 0.102. The molecule has 5 aromatic carbocycles. The standard InChI is InChI=1S/C38H30N2O/c1-4-13-27(14-5-1)26-41-35-22-12-19-30-23-24-31(39-37(30)35)25-33(28-15-6-2-7-16-28)36-32-20-10-11-21-34(32)40-38(36)29-17-8-3-9-18-29/h1-24,33,40H,25-26H2. The van der Waals surface area contributed by atoms with Gasteiger partial charge in [-0.15, -0.1) is 0 Å². The molecule has 0 saturated heterocycles. The lowest BCUT2D eigenvalue weighted by molar-refractivity contribution is 0.309. The van der Waals surface area contributed by atoms with E-state index in [1.165, 1.54) is 22.1 Å². The molecule has 2 heterocycles.